The van der Waals surface area contributed by atoms with E-state index in [1.807, 2.05) is 5.32 Å². The van der Waals surface area contributed by atoms with Crippen molar-refractivity contribution in [3.8, 4) is 0 Å². The van der Waals surface area contributed by atoms with Crippen LogP contribution in [0.3, 0.4) is 0 Å². The summed E-state index contributed by atoms with van der Waals surface area (Å²) in [5.41, 5.74) is 4.94. The third-order valence-corrected chi connectivity index (χ3v) is 4.49. The Kier molecular flexibility index (Phi) is 10.3. The maximum atomic E-state index is 12.5. The third kappa shape index (κ3) is 8.96. The summed E-state index contributed by atoms with van der Waals surface area (Å²) in [5, 5.41) is 36.9. The molecular formula is C17H27N5O9. The van der Waals surface area contributed by atoms with Gasteiger partial charge in [-0.1, -0.05) is 0 Å². The fraction of sp³-hybridized carbons (Fsp3) is 0.647. The second-order valence-electron chi connectivity index (χ2n) is 6.96. The number of carbonyl (C=O) groups excluding carboxylic acids is 4. The van der Waals surface area contributed by atoms with Gasteiger partial charge in [-0.15, -0.1) is 0 Å². The van der Waals surface area contributed by atoms with Crippen molar-refractivity contribution in [1.29, 1.82) is 0 Å². The van der Waals surface area contributed by atoms with E-state index in [4.69, 9.17) is 15.9 Å². The second kappa shape index (κ2) is 12.4. The molecule has 4 amide bonds. The Morgan fingerprint density at radius 3 is 2.06 bits per heavy atom. The highest BCUT2D eigenvalue weighted by atomic mass is 16.4. The lowest BCUT2D eigenvalue weighted by Crippen LogP contribution is -2.58. The van der Waals surface area contributed by atoms with Crippen LogP contribution in [0.2, 0.25) is 0 Å². The van der Waals surface area contributed by atoms with Gasteiger partial charge in [0, 0.05) is 6.42 Å². The topological polar surface area (TPSA) is 237 Å². The number of hydrogen-bond donors (Lipinski definition) is 8. The Labute approximate surface area is 176 Å². The molecule has 0 aromatic rings. The highest BCUT2D eigenvalue weighted by Crippen LogP contribution is 2.06. The van der Waals surface area contributed by atoms with E-state index in [-0.39, 0.29) is 0 Å². The van der Waals surface area contributed by atoms with E-state index >= 15 is 0 Å². The summed E-state index contributed by atoms with van der Waals surface area (Å²) in [6.07, 6.45) is -0.363. The Bertz CT molecular complexity index is 708. The van der Waals surface area contributed by atoms with Crippen LogP contribution in [-0.4, -0.2) is 88.2 Å². The van der Waals surface area contributed by atoms with Crippen molar-refractivity contribution < 1.29 is 44.1 Å². The normalized spacial score (nSPS) is 18.3. The summed E-state index contributed by atoms with van der Waals surface area (Å²) in [7, 11) is 0. The monoisotopic (exact) mass is 445 g/mol. The summed E-state index contributed by atoms with van der Waals surface area (Å²) >= 11 is 0. The molecule has 1 heterocycles. The summed E-state index contributed by atoms with van der Waals surface area (Å²) < 4.78 is 0. The molecule has 14 heteroatoms. The highest BCUT2D eigenvalue weighted by Gasteiger charge is 2.31. The Balaban J connectivity index is 2.84. The van der Waals surface area contributed by atoms with Gasteiger partial charge in [0.25, 0.3) is 0 Å². The van der Waals surface area contributed by atoms with Gasteiger partial charge >= 0.3 is 11.9 Å². The van der Waals surface area contributed by atoms with Crippen LogP contribution in [0, 0.1) is 0 Å². The number of aliphatic hydroxyl groups is 1. The first kappa shape index (κ1) is 25.8. The third-order valence-electron chi connectivity index (χ3n) is 4.49. The molecule has 31 heavy (non-hydrogen) atoms. The molecule has 0 aliphatic carbocycles. The standard InChI is InChI=1S/C17H27N5O9/c18-12(24)6-10(17(30)31)21-15(28)9(3-4-13(25)26)20-16(29)11(7-23)22-14(27)8-2-1-5-19-8/h8-11,19,23H,1-7H2,(H2,18,24)(H,20,29)(H,21,28)(H,22,27)(H,25,26)(H,30,31). The van der Waals surface area contributed by atoms with Gasteiger partial charge in [0.1, 0.15) is 18.1 Å². The van der Waals surface area contributed by atoms with Crippen molar-refractivity contribution in [3.63, 3.8) is 0 Å². The molecule has 0 aromatic carbocycles. The molecule has 0 aromatic heterocycles. The largest absolute Gasteiger partial charge is 0.481 e. The zero-order chi connectivity index (χ0) is 23.6. The minimum atomic E-state index is -1.68. The van der Waals surface area contributed by atoms with Crippen molar-refractivity contribution in [2.45, 2.75) is 56.3 Å². The molecule has 1 aliphatic heterocycles. The van der Waals surface area contributed by atoms with Gasteiger partial charge in [0.2, 0.25) is 23.6 Å². The lowest BCUT2D eigenvalue weighted by Gasteiger charge is -2.24. The van der Waals surface area contributed by atoms with Crippen LogP contribution < -0.4 is 27.0 Å². The summed E-state index contributed by atoms with van der Waals surface area (Å²) in [6.45, 7) is -0.168. The quantitative estimate of drug-likeness (QED) is 0.137. The lowest BCUT2D eigenvalue weighted by atomic mass is 10.1. The number of nitrogens with two attached hydrogens (primary N) is 1. The van der Waals surface area contributed by atoms with E-state index in [1.54, 1.807) is 0 Å². The number of rotatable bonds is 13. The summed E-state index contributed by atoms with van der Waals surface area (Å²) in [5.74, 6) is -6.39. The first-order valence-corrected chi connectivity index (χ1v) is 9.53. The van der Waals surface area contributed by atoms with Gasteiger partial charge in [-0.25, -0.2) is 4.79 Å². The van der Waals surface area contributed by atoms with Crippen molar-refractivity contribution in [1.82, 2.24) is 21.3 Å². The molecule has 1 rings (SSSR count). The minimum absolute atomic E-state index is 0.411. The maximum absolute atomic E-state index is 12.5. The number of carboxylic acids is 2. The van der Waals surface area contributed by atoms with Crippen molar-refractivity contribution in [2.75, 3.05) is 13.2 Å². The molecule has 0 bridgehead atoms. The molecule has 1 saturated heterocycles. The average molecular weight is 445 g/mol. The molecule has 1 fully saturated rings. The van der Waals surface area contributed by atoms with Crippen molar-refractivity contribution in [3.05, 3.63) is 0 Å². The lowest BCUT2D eigenvalue weighted by molar-refractivity contribution is -0.144. The maximum Gasteiger partial charge on any atom is 0.326 e. The Morgan fingerprint density at radius 1 is 0.968 bits per heavy atom. The molecule has 174 valence electrons. The number of carboxylic acid groups (broad SMARTS) is 2. The van der Waals surface area contributed by atoms with Gasteiger partial charge in [-0.3, -0.25) is 24.0 Å². The molecule has 9 N–H and O–H groups in total. The Hall–Kier alpha value is -3.26. The van der Waals surface area contributed by atoms with E-state index in [2.05, 4.69) is 16.0 Å². The molecule has 1 aliphatic rings. The SMILES string of the molecule is NC(=O)CC(NC(=O)C(CCC(=O)O)NC(=O)C(CO)NC(=O)C1CCCN1)C(=O)O. The Morgan fingerprint density at radius 2 is 1.58 bits per heavy atom. The molecule has 4 atom stereocenters. The number of amides is 4. The smallest absolute Gasteiger partial charge is 0.326 e. The summed E-state index contributed by atoms with van der Waals surface area (Å²) in [6, 6.07) is -5.14. The van der Waals surface area contributed by atoms with Gasteiger partial charge in [-0.2, -0.15) is 0 Å². The first-order chi connectivity index (χ1) is 14.5. The highest BCUT2D eigenvalue weighted by molar-refractivity contribution is 5.95. The average Bonchev–Trinajstić information content (AvgIpc) is 3.22. The zero-order valence-electron chi connectivity index (χ0n) is 16.6. The molecular weight excluding hydrogens is 418 g/mol. The van der Waals surface area contributed by atoms with E-state index in [0.717, 1.165) is 6.42 Å². The van der Waals surface area contributed by atoms with Crippen LogP contribution in [-0.2, 0) is 28.8 Å². The van der Waals surface area contributed by atoms with Crippen molar-refractivity contribution in [2.24, 2.45) is 5.73 Å². The van der Waals surface area contributed by atoms with E-state index in [0.29, 0.717) is 13.0 Å². The van der Waals surface area contributed by atoms with Crippen LogP contribution in [0.5, 0.6) is 0 Å². The fourth-order valence-corrected chi connectivity index (χ4v) is 2.86. The minimum Gasteiger partial charge on any atom is -0.481 e. The molecule has 0 radical (unpaired) electrons. The molecule has 14 nitrogen and oxygen atoms in total. The van der Waals surface area contributed by atoms with Crippen LogP contribution >= 0.6 is 0 Å². The predicted molar refractivity (Wildman–Crippen MR) is 102 cm³/mol. The van der Waals surface area contributed by atoms with Crippen LogP contribution in [0.25, 0.3) is 0 Å². The number of aliphatic carboxylic acids is 2. The van der Waals surface area contributed by atoms with Crippen molar-refractivity contribution >= 4 is 35.6 Å². The number of primary amides is 1. The molecule has 4 unspecified atom stereocenters. The van der Waals surface area contributed by atoms with Crippen LogP contribution in [0.15, 0.2) is 0 Å². The fourth-order valence-electron chi connectivity index (χ4n) is 2.86. The van der Waals surface area contributed by atoms with Gasteiger partial charge in [0.05, 0.1) is 19.1 Å². The van der Waals surface area contributed by atoms with Crippen LogP contribution in [0.4, 0.5) is 0 Å². The predicted octanol–water partition coefficient (Wildman–Crippen LogP) is -3.99. The van der Waals surface area contributed by atoms with E-state index in [1.165, 1.54) is 0 Å². The molecule has 0 spiro atoms. The van der Waals surface area contributed by atoms with Gasteiger partial charge in [-0.05, 0) is 25.8 Å². The number of hydrogen-bond acceptors (Lipinski definition) is 8. The van der Waals surface area contributed by atoms with Crippen LogP contribution in [0.1, 0.15) is 32.1 Å². The van der Waals surface area contributed by atoms with Gasteiger partial charge < -0.3 is 42.3 Å². The number of aliphatic hydroxyl groups excluding tert-OH is 1. The van der Waals surface area contributed by atoms with Gasteiger partial charge in [0.15, 0.2) is 0 Å². The summed E-state index contributed by atoms with van der Waals surface area (Å²) in [4.78, 5) is 70.1. The van der Waals surface area contributed by atoms with E-state index < -0.39 is 85.6 Å². The molecule has 0 saturated carbocycles. The second-order valence-corrected chi connectivity index (χ2v) is 6.96. The zero-order valence-corrected chi connectivity index (χ0v) is 16.6. The first-order valence-electron chi connectivity index (χ1n) is 9.53. The number of nitrogens with one attached hydrogen (secondary N) is 4. The number of carbonyl (C=O) groups is 6. The van der Waals surface area contributed by atoms with E-state index in [9.17, 15) is 33.9 Å².